The van der Waals surface area contributed by atoms with E-state index >= 15 is 0 Å². The zero-order valence-electron chi connectivity index (χ0n) is 10.7. The molecule has 0 aliphatic heterocycles. The first kappa shape index (κ1) is 18.1. The molecule has 0 spiro atoms. The first-order valence-corrected chi connectivity index (χ1v) is 6.94. The van der Waals surface area contributed by atoms with Crippen molar-refractivity contribution in [3.8, 4) is 5.75 Å². The molecule has 1 aromatic rings. The number of hydrogen-bond donors (Lipinski definition) is 2. The van der Waals surface area contributed by atoms with Gasteiger partial charge in [-0.3, -0.25) is 0 Å². The Labute approximate surface area is 118 Å². The van der Waals surface area contributed by atoms with Gasteiger partial charge in [0.05, 0.1) is 12.0 Å². The lowest BCUT2D eigenvalue weighted by molar-refractivity contribution is 0.385. The summed E-state index contributed by atoms with van der Waals surface area (Å²) < 4.78 is 44.0. The van der Waals surface area contributed by atoms with E-state index in [2.05, 4.69) is 4.72 Å². The Morgan fingerprint density at radius 3 is 2.63 bits per heavy atom. The van der Waals surface area contributed by atoms with Gasteiger partial charge in [0.15, 0.2) is 11.6 Å². The SMILES string of the molecule is COc1cc(S(=O)(=O)NCCC(C)N)ccc1F.Cl. The van der Waals surface area contributed by atoms with Gasteiger partial charge in [0.2, 0.25) is 10.0 Å². The largest absolute Gasteiger partial charge is 0.494 e. The Morgan fingerprint density at radius 1 is 1.47 bits per heavy atom. The molecule has 1 rings (SSSR count). The lowest BCUT2D eigenvalue weighted by Crippen LogP contribution is -2.29. The number of hydrogen-bond acceptors (Lipinski definition) is 4. The molecule has 0 saturated heterocycles. The summed E-state index contributed by atoms with van der Waals surface area (Å²) >= 11 is 0. The predicted octanol–water partition coefficient (Wildman–Crippen LogP) is 1.27. The molecule has 0 amide bonds. The van der Waals surface area contributed by atoms with Gasteiger partial charge < -0.3 is 10.5 Å². The van der Waals surface area contributed by atoms with E-state index in [0.29, 0.717) is 6.42 Å². The fourth-order valence-corrected chi connectivity index (χ4v) is 2.37. The zero-order valence-corrected chi connectivity index (χ0v) is 12.4. The third kappa shape index (κ3) is 5.32. The number of nitrogens with one attached hydrogen (secondary N) is 1. The van der Waals surface area contributed by atoms with E-state index in [1.165, 1.54) is 13.2 Å². The van der Waals surface area contributed by atoms with Gasteiger partial charge >= 0.3 is 0 Å². The molecular weight excluding hydrogens is 295 g/mol. The quantitative estimate of drug-likeness (QED) is 0.829. The second kappa shape index (κ2) is 7.64. The first-order chi connectivity index (χ1) is 8.36. The van der Waals surface area contributed by atoms with E-state index in [4.69, 9.17) is 10.5 Å². The molecular formula is C11H18ClFN2O3S. The van der Waals surface area contributed by atoms with Crippen molar-refractivity contribution >= 4 is 22.4 Å². The van der Waals surface area contributed by atoms with E-state index in [-0.39, 0.29) is 35.6 Å². The van der Waals surface area contributed by atoms with Crippen molar-refractivity contribution in [3.05, 3.63) is 24.0 Å². The Bertz CT molecular complexity index is 509. The summed E-state index contributed by atoms with van der Waals surface area (Å²) in [4.78, 5) is -0.0366. The van der Waals surface area contributed by atoms with Crippen molar-refractivity contribution in [2.75, 3.05) is 13.7 Å². The van der Waals surface area contributed by atoms with Crippen LogP contribution in [0.25, 0.3) is 0 Å². The lowest BCUT2D eigenvalue weighted by atomic mass is 10.3. The molecule has 0 radical (unpaired) electrons. The van der Waals surface area contributed by atoms with Crippen molar-refractivity contribution in [1.29, 1.82) is 0 Å². The molecule has 0 saturated carbocycles. The number of ether oxygens (including phenoxy) is 1. The van der Waals surface area contributed by atoms with Gasteiger partial charge in [-0.05, 0) is 25.5 Å². The number of methoxy groups -OCH3 is 1. The van der Waals surface area contributed by atoms with Gasteiger partial charge in [0.25, 0.3) is 0 Å². The van der Waals surface area contributed by atoms with Crippen molar-refractivity contribution in [3.63, 3.8) is 0 Å². The topological polar surface area (TPSA) is 81.4 Å². The van der Waals surface area contributed by atoms with Crippen molar-refractivity contribution in [2.45, 2.75) is 24.3 Å². The molecule has 0 aliphatic rings. The second-order valence-corrected chi connectivity index (χ2v) is 5.73. The molecule has 0 aromatic heterocycles. The number of benzene rings is 1. The minimum absolute atomic E-state index is 0. The van der Waals surface area contributed by atoms with Gasteiger partial charge in [-0.2, -0.15) is 0 Å². The van der Waals surface area contributed by atoms with Crippen molar-refractivity contribution < 1.29 is 17.5 Å². The van der Waals surface area contributed by atoms with Crippen LogP contribution in [0.1, 0.15) is 13.3 Å². The Hall–Kier alpha value is -0.890. The number of sulfonamides is 1. The first-order valence-electron chi connectivity index (χ1n) is 5.45. The maximum Gasteiger partial charge on any atom is 0.240 e. The van der Waals surface area contributed by atoms with Gasteiger partial charge in [0, 0.05) is 18.7 Å². The van der Waals surface area contributed by atoms with Crippen LogP contribution < -0.4 is 15.2 Å². The lowest BCUT2D eigenvalue weighted by Gasteiger charge is -2.09. The fourth-order valence-electron chi connectivity index (χ4n) is 1.31. The van der Waals surface area contributed by atoms with Crippen LogP contribution in [0.15, 0.2) is 23.1 Å². The van der Waals surface area contributed by atoms with Gasteiger partial charge in [-0.25, -0.2) is 17.5 Å². The van der Waals surface area contributed by atoms with E-state index < -0.39 is 15.8 Å². The Balaban J connectivity index is 0.00000324. The predicted molar refractivity (Wildman–Crippen MR) is 73.7 cm³/mol. The zero-order chi connectivity index (χ0) is 13.8. The van der Waals surface area contributed by atoms with Crippen LogP contribution in [0.5, 0.6) is 5.75 Å². The summed E-state index contributed by atoms with van der Waals surface area (Å²) in [5.41, 5.74) is 5.52. The molecule has 8 heteroatoms. The monoisotopic (exact) mass is 312 g/mol. The number of nitrogens with two attached hydrogens (primary N) is 1. The third-order valence-electron chi connectivity index (χ3n) is 2.32. The average molecular weight is 313 g/mol. The summed E-state index contributed by atoms with van der Waals surface area (Å²) in [6.07, 6.45) is 0.525. The molecule has 110 valence electrons. The second-order valence-electron chi connectivity index (χ2n) is 3.96. The molecule has 1 unspecified atom stereocenters. The molecule has 19 heavy (non-hydrogen) atoms. The standard InChI is InChI=1S/C11H17FN2O3S.ClH/c1-8(13)5-6-14-18(15,16)9-3-4-10(12)11(7-9)17-2;/h3-4,7-8,14H,5-6,13H2,1-2H3;1H. The van der Waals surface area contributed by atoms with Crippen molar-refractivity contribution in [2.24, 2.45) is 5.73 Å². The van der Waals surface area contributed by atoms with Crippen molar-refractivity contribution in [1.82, 2.24) is 4.72 Å². The van der Waals surface area contributed by atoms with Crippen LogP contribution in [0, 0.1) is 5.82 Å². The molecule has 0 bridgehead atoms. The van der Waals surface area contributed by atoms with Crippen LogP contribution in [-0.2, 0) is 10.0 Å². The fraction of sp³-hybridized carbons (Fsp3) is 0.455. The minimum Gasteiger partial charge on any atom is -0.494 e. The molecule has 5 nitrogen and oxygen atoms in total. The molecule has 3 N–H and O–H groups in total. The van der Waals surface area contributed by atoms with Gasteiger partial charge in [0.1, 0.15) is 0 Å². The van der Waals surface area contributed by atoms with Gasteiger partial charge in [-0.1, -0.05) is 0 Å². The van der Waals surface area contributed by atoms with Crippen LogP contribution in [0.2, 0.25) is 0 Å². The van der Waals surface area contributed by atoms with Crippen LogP contribution in [0.3, 0.4) is 0 Å². The van der Waals surface area contributed by atoms with E-state index in [9.17, 15) is 12.8 Å². The maximum atomic E-state index is 13.2. The smallest absolute Gasteiger partial charge is 0.240 e. The van der Waals surface area contributed by atoms with Crippen LogP contribution >= 0.6 is 12.4 Å². The summed E-state index contributed by atoms with van der Waals surface area (Å²) in [5.74, 6) is -0.711. The highest BCUT2D eigenvalue weighted by Gasteiger charge is 2.16. The summed E-state index contributed by atoms with van der Waals surface area (Å²) in [6, 6.07) is 3.30. The van der Waals surface area contributed by atoms with Crippen LogP contribution in [-0.4, -0.2) is 28.1 Å². The molecule has 1 aromatic carbocycles. The number of rotatable bonds is 6. The molecule has 1 atom stereocenters. The summed E-state index contributed by atoms with van der Waals surface area (Å²) in [6.45, 7) is 2.02. The summed E-state index contributed by atoms with van der Waals surface area (Å²) in [7, 11) is -2.38. The van der Waals surface area contributed by atoms with E-state index in [1.807, 2.05) is 0 Å². The normalized spacial score (nSPS) is 12.6. The van der Waals surface area contributed by atoms with E-state index in [1.54, 1.807) is 6.92 Å². The minimum atomic E-state index is -3.66. The highest BCUT2D eigenvalue weighted by molar-refractivity contribution is 7.89. The highest BCUT2D eigenvalue weighted by Crippen LogP contribution is 2.21. The highest BCUT2D eigenvalue weighted by atomic mass is 35.5. The Kier molecular flexibility index (Phi) is 7.28. The summed E-state index contributed by atoms with van der Waals surface area (Å²) in [5, 5.41) is 0. The Morgan fingerprint density at radius 2 is 2.11 bits per heavy atom. The van der Waals surface area contributed by atoms with Crippen LogP contribution in [0.4, 0.5) is 4.39 Å². The molecule has 0 aliphatic carbocycles. The molecule has 0 fully saturated rings. The maximum absolute atomic E-state index is 13.2. The van der Waals surface area contributed by atoms with Gasteiger partial charge in [-0.15, -0.1) is 12.4 Å². The molecule has 0 heterocycles. The average Bonchev–Trinajstić information content (AvgIpc) is 2.28. The number of halogens is 2. The third-order valence-corrected chi connectivity index (χ3v) is 3.78. The van der Waals surface area contributed by atoms with E-state index in [0.717, 1.165) is 12.1 Å².